The predicted octanol–water partition coefficient (Wildman–Crippen LogP) is 2.82. The Bertz CT molecular complexity index is 341. The van der Waals surface area contributed by atoms with Crippen molar-refractivity contribution in [3.05, 3.63) is 11.8 Å². The maximum absolute atomic E-state index is 4.42. The first-order valence-electron chi connectivity index (χ1n) is 5.78. The van der Waals surface area contributed by atoms with E-state index in [1.54, 1.807) is 0 Å². The number of hydrogen-bond acceptors (Lipinski definition) is 4. The van der Waals surface area contributed by atoms with Gasteiger partial charge in [0.1, 0.15) is 5.82 Å². The molecule has 0 amide bonds. The molecule has 1 aromatic heterocycles. The number of rotatable bonds is 4. The lowest BCUT2D eigenvalue weighted by molar-refractivity contribution is 0.625. The molecular formula is C12H22N4. The van der Waals surface area contributed by atoms with Gasteiger partial charge in [-0.05, 0) is 34.1 Å². The maximum Gasteiger partial charge on any atom is 0.225 e. The average Bonchev–Trinajstić information content (AvgIpc) is 2.10. The standard InChI is InChI=1S/C12H22N4/c1-6-7-13-10-8-9(2)14-11(15-10)16-12(3,4)5/h8H,6-7H2,1-5H3,(H2,13,14,15,16). The highest BCUT2D eigenvalue weighted by molar-refractivity contribution is 5.42. The lowest BCUT2D eigenvalue weighted by atomic mass is 10.1. The molecule has 0 atom stereocenters. The van der Waals surface area contributed by atoms with Crippen LogP contribution < -0.4 is 10.6 Å². The van der Waals surface area contributed by atoms with Crippen molar-refractivity contribution in [2.24, 2.45) is 0 Å². The zero-order chi connectivity index (χ0) is 12.2. The van der Waals surface area contributed by atoms with Crippen LogP contribution in [0.15, 0.2) is 6.07 Å². The molecule has 0 aliphatic carbocycles. The van der Waals surface area contributed by atoms with E-state index in [1.165, 1.54) is 0 Å². The Morgan fingerprint density at radius 2 is 1.94 bits per heavy atom. The van der Waals surface area contributed by atoms with Crippen molar-refractivity contribution in [2.75, 3.05) is 17.2 Å². The second-order valence-corrected chi connectivity index (χ2v) is 5.02. The van der Waals surface area contributed by atoms with Crippen LogP contribution in [0.4, 0.5) is 11.8 Å². The van der Waals surface area contributed by atoms with Gasteiger partial charge in [-0.2, -0.15) is 4.98 Å². The molecule has 90 valence electrons. The maximum atomic E-state index is 4.42. The van der Waals surface area contributed by atoms with Gasteiger partial charge in [0, 0.05) is 23.8 Å². The summed E-state index contributed by atoms with van der Waals surface area (Å²) in [4.78, 5) is 8.79. The number of aromatic nitrogens is 2. The summed E-state index contributed by atoms with van der Waals surface area (Å²) in [5.41, 5.74) is 0.955. The van der Waals surface area contributed by atoms with Gasteiger partial charge >= 0.3 is 0 Å². The van der Waals surface area contributed by atoms with Crippen molar-refractivity contribution in [3.8, 4) is 0 Å². The van der Waals surface area contributed by atoms with E-state index < -0.39 is 0 Å². The summed E-state index contributed by atoms with van der Waals surface area (Å²) >= 11 is 0. The van der Waals surface area contributed by atoms with Gasteiger partial charge in [-0.1, -0.05) is 6.92 Å². The lowest BCUT2D eigenvalue weighted by Gasteiger charge is -2.21. The number of aryl methyl sites for hydroxylation is 1. The third-order valence-corrected chi connectivity index (χ3v) is 1.90. The molecule has 4 nitrogen and oxygen atoms in total. The first-order chi connectivity index (χ1) is 7.40. The fraction of sp³-hybridized carbons (Fsp3) is 0.667. The molecular weight excluding hydrogens is 200 g/mol. The molecule has 0 saturated carbocycles. The molecule has 1 heterocycles. The van der Waals surface area contributed by atoms with Crippen LogP contribution in [-0.4, -0.2) is 22.1 Å². The zero-order valence-corrected chi connectivity index (χ0v) is 10.9. The predicted molar refractivity (Wildman–Crippen MR) is 68.9 cm³/mol. The molecule has 0 aromatic carbocycles. The number of nitrogens with one attached hydrogen (secondary N) is 2. The van der Waals surface area contributed by atoms with Crippen LogP contribution in [0.25, 0.3) is 0 Å². The first kappa shape index (κ1) is 12.7. The molecule has 0 aliphatic heterocycles. The van der Waals surface area contributed by atoms with E-state index >= 15 is 0 Å². The van der Waals surface area contributed by atoms with E-state index in [0.29, 0.717) is 5.95 Å². The van der Waals surface area contributed by atoms with Crippen LogP contribution in [0.3, 0.4) is 0 Å². The smallest absolute Gasteiger partial charge is 0.225 e. The summed E-state index contributed by atoms with van der Waals surface area (Å²) in [6.07, 6.45) is 1.09. The molecule has 1 rings (SSSR count). The van der Waals surface area contributed by atoms with Crippen LogP contribution >= 0.6 is 0 Å². The molecule has 16 heavy (non-hydrogen) atoms. The van der Waals surface area contributed by atoms with Gasteiger partial charge < -0.3 is 10.6 Å². The van der Waals surface area contributed by atoms with E-state index in [2.05, 4.69) is 48.3 Å². The summed E-state index contributed by atoms with van der Waals surface area (Å²) in [5.74, 6) is 1.58. The minimum atomic E-state index is -0.0180. The molecule has 0 radical (unpaired) electrons. The van der Waals surface area contributed by atoms with Crippen LogP contribution in [0.1, 0.15) is 39.8 Å². The summed E-state index contributed by atoms with van der Waals surface area (Å²) in [6.45, 7) is 11.3. The van der Waals surface area contributed by atoms with Crippen LogP contribution in [0, 0.1) is 6.92 Å². The summed E-state index contributed by atoms with van der Waals surface area (Å²) in [6, 6.07) is 1.96. The van der Waals surface area contributed by atoms with Crippen molar-refractivity contribution >= 4 is 11.8 Å². The average molecular weight is 222 g/mol. The van der Waals surface area contributed by atoms with Crippen molar-refractivity contribution < 1.29 is 0 Å². The second kappa shape index (κ2) is 5.14. The Morgan fingerprint density at radius 3 is 2.50 bits per heavy atom. The Balaban J connectivity index is 2.81. The van der Waals surface area contributed by atoms with Crippen molar-refractivity contribution in [1.29, 1.82) is 0 Å². The molecule has 0 saturated heterocycles. The Hall–Kier alpha value is -1.32. The molecule has 2 N–H and O–H groups in total. The highest BCUT2D eigenvalue weighted by atomic mass is 15.2. The fourth-order valence-electron chi connectivity index (χ4n) is 1.30. The minimum absolute atomic E-state index is 0.0180. The van der Waals surface area contributed by atoms with Gasteiger partial charge in [0.2, 0.25) is 5.95 Å². The molecule has 1 aromatic rings. The third-order valence-electron chi connectivity index (χ3n) is 1.90. The van der Waals surface area contributed by atoms with Gasteiger partial charge in [0.25, 0.3) is 0 Å². The Morgan fingerprint density at radius 1 is 1.25 bits per heavy atom. The zero-order valence-electron chi connectivity index (χ0n) is 10.9. The molecule has 0 aliphatic rings. The van der Waals surface area contributed by atoms with Crippen molar-refractivity contribution in [3.63, 3.8) is 0 Å². The third kappa shape index (κ3) is 4.47. The van der Waals surface area contributed by atoms with E-state index in [1.807, 2.05) is 13.0 Å². The highest BCUT2D eigenvalue weighted by Crippen LogP contribution is 2.13. The number of hydrogen-bond donors (Lipinski definition) is 2. The number of nitrogens with zero attached hydrogens (tertiary/aromatic N) is 2. The van der Waals surface area contributed by atoms with Gasteiger partial charge in [-0.15, -0.1) is 0 Å². The normalized spacial score (nSPS) is 11.3. The van der Waals surface area contributed by atoms with E-state index in [-0.39, 0.29) is 5.54 Å². The second-order valence-electron chi connectivity index (χ2n) is 5.02. The molecule has 0 spiro atoms. The SMILES string of the molecule is CCCNc1cc(C)nc(NC(C)(C)C)n1. The summed E-state index contributed by atoms with van der Waals surface area (Å²) < 4.78 is 0. The minimum Gasteiger partial charge on any atom is -0.370 e. The highest BCUT2D eigenvalue weighted by Gasteiger charge is 2.11. The van der Waals surface area contributed by atoms with Gasteiger partial charge in [-0.25, -0.2) is 4.98 Å². The van der Waals surface area contributed by atoms with E-state index in [0.717, 1.165) is 24.5 Å². The Labute approximate surface area is 97.9 Å². The largest absolute Gasteiger partial charge is 0.370 e. The van der Waals surface area contributed by atoms with Crippen LogP contribution in [0.2, 0.25) is 0 Å². The van der Waals surface area contributed by atoms with Crippen molar-refractivity contribution in [1.82, 2.24) is 9.97 Å². The van der Waals surface area contributed by atoms with E-state index in [9.17, 15) is 0 Å². The molecule has 0 bridgehead atoms. The number of anilines is 2. The van der Waals surface area contributed by atoms with Gasteiger partial charge in [0.05, 0.1) is 0 Å². The monoisotopic (exact) mass is 222 g/mol. The lowest BCUT2D eigenvalue weighted by Crippen LogP contribution is -2.27. The van der Waals surface area contributed by atoms with Gasteiger partial charge in [-0.3, -0.25) is 0 Å². The Kier molecular flexibility index (Phi) is 4.10. The first-order valence-corrected chi connectivity index (χ1v) is 5.78. The van der Waals surface area contributed by atoms with E-state index in [4.69, 9.17) is 0 Å². The molecule has 0 fully saturated rings. The molecule has 4 heteroatoms. The topological polar surface area (TPSA) is 49.8 Å². The molecule has 0 unspecified atom stereocenters. The fourth-order valence-corrected chi connectivity index (χ4v) is 1.30. The van der Waals surface area contributed by atoms with Gasteiger partial charge in [0.15, 0.2) is 0 Å². The summed E-state index contributed by atoms with van der Waals surface area (Å²) in [5, 5.41) is 6.55. The summed E-state index contributed by atoms with van der Waals surface area (Å²) in [7, 11) is 0. The van der Waals surface area contributed by atoms with Crippen molar-refractivity contribution in [2.45, 2.75) is 46.6 Å². The van der Waals surface area contributed by atoms with Crippen LogP contribution in [0.5, 0.6) is 0 Å². The quantitative estimate of drug-likeness (QED) is 0.822. The van der Waals surface area contributed by atoms with Crippen LogP contribution in [-0.2, 0) is 0 Å².